The highest BCUT2D eigenvalue weighted by molar-refractivity contribution is 7.85. The lowest BCUT2D eigenvalue weighted by atomic mass is 10.2. The molecule has 7 nitrogen and oxygen atoms in total. The monoisotopic (exact) mass is 309 g/mol. The van der Waals surface area contributed by atoms with Crippen LogP contribution in [0.15, 0.2) is 12.1 Å². The molecule has 0 aromatic heterocycles. The number of halogens is 1. The van der Waals surface area contributed by atoms with E-state index in [4.69, 9.17) is 14.0 Å². The molecule has 0 saturated carbocycles. The van der Waals surface area contributed by atoms with Gasteiger partial charge in [0.15, 0.2) is 11.5 Å². The summed E-state index contributed by atoms with van der Waals surface area (Å²) in [6.45, 7) is -0.155. The van der Waals surface area contributed by atoms with Gasteiger partial charge in [0.25, 0.3) is 10.1 Å². The summed E-state index contributed by atoms with van der Waals surface area (Å²) in [6.07, 6.45) is -1.31. The molecule has 20 heavy (non-hydrogen) atoms. The maximum atomic E-state index is 13.6. The molecule has 1 aromatic rings. The van der Waals surface area contributed by atoms with E-state index in [2.05, 4.69) is 5.32 Å². The van der Waals surface area contributed by atoms with Gasteiger partial charge in [-0.2, -0.15) is 12.8 Å². The summed E-state index contributed by atoms with van der Waals surface area (Å²) in [7, 11) is -1.69. The van der Waals surface area contributed by atoms with E-state index in [9.17, 15) is 17.9 Å². The Morgan fingerprint density at radius 3 is 2.20 bits per heavy atom. The van der Waals surface area contributed by atoms with Crippen LogP contribution in [0.25, 0.3) is 0 Å². The van der Waals surface area contributed by atoms with Crippen molar-refractivity contribution in [3.8, 4) is 11.5 Å². The van der Waals surface area contributed by atoms with Crippen molar-refractivity contribution in [3.05, 3.63) is 17.9 Å². The normalized spacial score (nSPS) is 12.8. The van der Waals surface area contributed by atoms with Crippen LogP contribution < -0.4 is 14.8 Å². The van der Waals surface area contributed by atoms with Crippen LogP contribution in [0.4, 0.5) is 10.1 Å². The first-order valence-electron chi connectivity index (χ1n) is 5.55. The molecule has 0 heterocycles. The molecule has 114 valence electrons. The van der Waals surface area contributed by atoms with Gasteiger partial charge in [0, 0.05) is 24.4 Å². The predicted molar refractivity (Wildman–Crippen MR) is 70.4 cm³/mol. The molecule has 1 rings (SSSR count). The molecule has 1 unspecified atom stereocenters. The van der Waals surface area contributed by atoms with E-state index in [1.807, 2.05) is 0 Å². The number of benzene rings is 1. The van der Waals surface area contributed by atoms with Gasteiger partial charge < -0.3 is 19.9 Å². The zero-order valence-corrected chi connectivity index (χ0v) is 11.8. The lowest BCUT2D eigenvalue weighted by molar-refractivity contribution is 0.208. The third kappa shape index (κ3) is 4.83. The SMILES string of the molecule is COc1cc(NCC(O)CS(=O)(=O)O)cc(OC)c1F. The van der Waals surface area contributed by atoms with Gasteiger partial charge in [0.1, 0.15) is 5.75 Å². The van der Waals surface area contributed by atoms with E-state index in [1.54, 1.807) is 0 Å². The van der Waals surface area contributed by atoms with E-state index in [0.29, 0.717) is 5.69 Å². The molecule has 0 bridgehead atoms. The van der Waals surface area contributed by atoms with Crippen LogP contribution in [0, 0.1) is 5.82 Å². The first-order valence-corrected chi connectivity index (χ1v) is 7.16. The molecule has 0 aliphatic carbocycles. The Labute approximate surface area is 116 Å². The van der Waals surface area contributed by atoms with Gasteiger partial charge in [0.2, 0.25) is 5.82 Å². The summed E-state index contributed by atoms with van der Waals surface area (Å²) >= 11 is 0. The molecular weight excluding hydrogens is 293 g/mol. The van der Waals surface area contributed by atoms with Crippen LogP contribution in [-0.4, -0.2) is 50.7 Å². The van der Waals surface area contributed by atoms with Crippen molar-refractivity contribution in [2.45, 2.75) is 6.10 Å². The lowest BCUT2D eigenvalue weighted by Gasteiger charge is -2.14. The van der Waals surface area contributed by atoms with Crippen LogP contribution >= 0.6 is 0 Å². The maximum Gasteiger partial charge on any atom is 0.267 e. The Morgan fingerprint density at radius 2 is 1.80 bits per heavy atom. The van der Waals surface area contributed by atoms with E-state index >= 15 is 0 Å². The van der Waals surface area contributed by atoms with Gasteiger partial charge in [-0.05, 0) is 0 Å². The van der Waals surface area contributed by atoms with Crippen molar-refractivity contribution in [3.63, 3.8) is 0 Å². The molecule has 0 amide bonds. The molecule has 0 saturated heterocycles. The number of hydrogen-bond donors (Lipinski definition) is 3. The Balaban J connectivity index is 2.78. The third-order valence-electron chi connectivity index (χ3n) is 2.39. The highest BCUT2D eigenvalue weighted by Crippen LogP contribution is 2.30. The first-order chi connectivity index (χ1) is 9.26. The largest absolute Gasteiger partial charge is 0.493 e. The zero-order chi connectivity index (χ0) is 15.3. The van der Waals surface area contributed by atoms with Gasteiger partial charge in [-0.25, -0.2) is 0 Å². The second-order valence-electron chi connectivity index (χ2n) is 3.98. The summed E-state index contributed by atoms with van der Waals surface area (Å²) in [5.41, 5.74) is 0.370. The van der Waals surface area contributed by atoms with Gasteiger partial charge in [-0.1, -0.05) is 0 Å². The van der Waals surface area contributed by atoms with Crippen molar-refractivity contribution in [2.75, 3.05) is 31.8 Å². The highest BCUT2D eigenvalue weighted by atomic mass is 32.2. The summed E-state index contributed by atoms with van der Waals surface area (Å²) in [5.74, 6) is -1.58. The second-order valence-corrected chi connectivity index (χ2v) is 5.48. The average molecular weight is 309 g/mol. The topological polar surface area (TPSA) is 105 Å². The van der Waals surface area contributed by atoms with Gasteiger partial charge in [0.05, 0.1) is 20.3 Å². The quantitative estimate of drug-likeness (QED) is 0.630. The maximum absolute atomic E-state index is 13.6. The smallest absolute Gasteiger partial charge is 0.267 e. The van der Waals surface area contributed by atoms with Crippen LogP contribution in [0.2, 0.25) is 0 Å². The van der Waals surface area contributed by atoms with E-state index in [0.717, 1.165) is 0 Å². The van der Waals surface area contributed by atoms with Gasteiger partial charge in [-0.3, -0.25) is 4.55 Å². The van der Waals surface area contributed by atoms with E-state index in [1.165, 1.54) is 26.4 Å². The number of aliphatic hydroxyl groups excluding tert-OH is 1. The van der Waals surface area contributed by atoms with Crippen LogP contribution in [0.1, 0.15) is 0 Å². The fraction of sp³-hybridized carbons (Fsp3) is 0.455. The molecule has 0 fully saturated rings. The minimum atomic E-state index is -4.26. The predicted octanol–water partition coefficient (Wildman–Crippen LogP) is 0.504. The summed E-state index contributed by atoms with van der Waals surface area (Å²) in [5, 5.41) is 12.1. The van der Waals surface area contributed by atoms with Crippen LogP contribution in [0.3, 0.4) is 0 Å². The standard InChI is InChI=1S/C11H16FNO6S/c1-18-9-3-7(4-10(19-2)11(9)12)13-5-8(14)6-20(15,16)17/h3-4,8,13-14H,5-6H2,1-2H3,(H,15,16,17). The Hall–Kier alpha value is -1.58. The molecule has 3 N–H and O–H groups in total. The molecule has 0 aliphatic heterocycles. The van der Waals surface area contributed by atoms with Crippen molar-refractivity contribution in [2.24, 2.45) is 0 Å². The minimum absolute atomic E-state index is 0.0591. The van der Waals surface area contributed by atoms with Crippen molar-refractivity contribution < 1.29 is 31.9 Å². The number of nitrogens with one attached hydrogen (secondary N) is 1. The number of anilines is 1. The molecule has 9 heteroatoms. The second kappa shape index (κ2) is 6.73. The molecule has 0 spiro atoms. The summed E-state index contributed by atoms with van der Waals surface area (Å²) < 4.78 is 53.0. The van der Waals surface area contributed by atoms with Crippen molar-refractivity contribution >= 4 is 15.8 Å². The number of aliphatic hydroxyl groups is 1. The summed E-state index contributed by atoms with van der Waals surface area (Å²) in [4.78, 5) is 0. The molecule has 1 aromatic carbocycles. The van der Waals surface area contributed by atoms with Crippen molar-refractivity contribution in [1.29, 1.82) is 0 Å². The average Bonchev–Trinajstić information content (AvgIpc) is 2.35. The Bertz CT molecular complexity index is 537. The number of methoxy groups -OCH3 is 2. The number of hydrogen-bond acceptors (Lipinski definition) is 6. The number of ether oxygens (including phenoxy) is 2. The fourth-order valence-electron chi connectivity index (χ4n) is 1.51. The fourth-order valence-corrected chi connectivity index (χ4v) is 2.11. The first kappa shape index (κ1) is 16.5. The van der Waals surface area contributed by atoms with E-state index in [-0.39, 0.29) is 18.0 Å². The molecular formula is C11H16FNO6S. The Morgan fingerprint density at radius 1 is 1.30 bits per heavy atom. The number of rotatable bonds is 7. The summed E-state index contributed by atoms with van der Waals surface area (Å²) in [6, 6.07) is 2.66. The van der Waals surface area contributed by atoms with Crippen molar-refractivity contribution in [1.82, 2.24) is 0 Å². The third-order valence-corrected chi connectivity index (χ3v) is 3.20. The lowest BCUT2D eigenvalue weighted by Crippen LogP contribution is -2.27. The molecule has 0 aliphatic rings. The zero-order valence-electron chi connectivity index (χ0n) is 11.0. The van der Waals surface area contributed by atoms with Gasteiger partial charge in [-0.15, -0.1) is 0 Å². The Kier molecular flexibility index (Phi) is 5.54. The van der Waals surface area contributed by atoms with Crippen LogP contribution in [-0.2, 0) is 10.1 Å². The van der Waals surface area contributed by atoms with Gasteiger partial charge >= 0.3 is 0 Å². The molecule has 0 radical (unpaired) electrons. The van der Waals surface area contributed by atoms with Crippen LogP contribution in [0.5, 0.6) is 11.5 Å². The minimum Gasteiger partial charge on any atom is -0.493 e. The highest BCUT2D eigenvalue weighted by Gasteiger charge is 2.15. The molecule has 1 atom stereocenters. The van der Waals surface area contributed by atoms with E-state index < -0.39 is 27.8 Å².